The highest BCUT2D eigenvalue weighted by Crippen LogP contribution is 2.20. The fourth-order valence-electron chi connectivity index (χ4n) is 4.00. The maximum atomic E-state index is 12.4. The summed E-state index contributed by atoms with van der Waals surface area (Å²) in [6, 6.07) is 8.60. The Morgan fingerprint density at radius 3 is 2.78 bits per heavy atom. The van der Waals surface area contributed by atoms with Gasteiger partial charge in [-0.15, -0.1) is 0 Å². The van der Waals surface area contributed by atoms with Gasteiger partial charge in [-0.1, -0.05) is 24.3 Å². The highest BCUT2D eigenvalue weighted by Gasteiger charge is 2.31. The van der Waals surface area contributed by atoms with Gasteiger partial charge < -0.3 is 5.32 Å². The molecule has 0 unspecified atom stereocenters. The third kappa shape index (κ3) is 5.30. The number of nitrogens with zero attached hydrogens (tertiary/aromatic N) is 2. The van der Waals surface area contributed by atoms with Gasteiger partial charge in [-0.05, 0) is 43.7 Å². The molecule has 6 nitrogen and oxygen atoms in total. The summed E-state index contributed by atoms with van der Waals surface area (Å²) in [5, 5.41) is 3.01. The quantitative estimate of drug-likeness (QED) is 0.715. The molecule has 0 aliphatic carbocycles. The predicted octanol–water partition coefficient (Wildman–Crippen LogP) is 1.61. The van der Waals surface area contributed by atoms with Gasteiger partial charge >= 0.3 is 0 Å². The first-order valence-electron chi connectivity index (χ1n) is 10.0. The molecule has 7 heteroatoms. The van der Waals surface area contributed by atoms with Crippen molar-refractivity contribution in [2.75, 3.05) is 38.5 Å². The molecular weight excluding hydrogens is 362 g/mol. The fraction of sp³-hybridized carbons (Fsp3) is 0.650. The molecule has 1 saturated heterocycles. The Bertz CT molecular complexity index is 751. The molecular formula is C20H31N3O3S. The minimum atomic E-state index is -3.21. The van der Waals surface area contributed by atoms with Crippen molar-refractivity contribution in [3.63, 3.8) is 0 Å². The van der Waals surface area contributed by atoms with Gasteiger partial charge in [0.2, 0.25) is 15.9 Å². The number of carbonyl (C=O) groups excluding carboxylic acids is 1. The van der Waals surface area contributed by atoms with Crippen molar-refractivity contribution in [1.29, 1.82) is 0 Å². The number of piperidine rings is 1. The van der Waals surface area contributed by atoms with Crippen molar-refractivity contribution in [3.8, 4) is 0 Å². The number of fused-ring (bicyclic) bond motifs is 1. The molecule has 2 aliphatic heterocycles. The van der Waals surface area contributed by atoms with E-state index in [-0.39, 0.29) is 17.6 Å². The van der Waals surface area contributed by atoms with Crippen LogP contribution in [0.15, 0.2) is 24.3 Å². The SMILES string of the molecule is CCS(=O)(=O)N1CCC[C@@H](C(=O)NCCCN2CCc3ccccc3C2)C1. The summed E-state index contributed by atoms with van der Waals surface area (Å²) >= 11 is 0. The molecule has 0 radical (unpaired) electrons. The van der Waals surface area contributed by atoms with E-state index in [0.29, 0.717) is 19.6 Å². The molecule has 3 rings (SSSR count). The van der Waals surface area contributed by atoms with Gasteiger partial charge in [0, 0.05) is 39.3 Å². The van der Waals surface area contributed by atoms with Crippen molar-refractivity contribution in [1.82, 2.24) is 14.5 Å². The first kappa shape index (κ1) is 20.3. The van der Waals surface area contributed by atoms with Crippen LogP contribution < -0.4 is 5.32 Å². The average Bonchev–Trinajstić information content (AvgIpc) is 2.71. The number of amides is 1. The summed E-state index contributed by atoms with van der Waals surface area (Å²) in [7, 11) is -3.21. The van der Waals surface area contributed by atoms with Gasteiger partial charge in [0.1, 0.15) is 0 Å². The maximum absolute atomic E-state index is 12.4. The third-order valence-corrected chi connectivity index (χ3v) is 7.52. The van der Waals surface area contributed by atoms with Crippen LogP contribution in [-0.4, -0.2) is 62.0 Å². The molecule has 1 amide bonds. The number of hydrogen-bond acceptors (Lipinski definition) is 4. The molecule has 1 fully saturated rings. The number of nitrogens with one attached hydrogen (secondary N) is 1. The van der Waals surface area contributed by atoms with E-state index in [4.69, 9.17) is 0 Å². The summed E-state index contributed by atoms with van der Waals surface area (Å²) in [5.41, 5.74) is 2.86. The zero-order valence-electron chi connectivity index (χ0n) is 16.2. The Balaban J connectivity index is 1.39. The lowest BCUT2D eigenvalue weighted by Crippen LogP contribution is -2.46. The highest BCUT2D eigenvalue weighted by molar-refractivity contribution is 7.89. The number of hydrogen-bond donors (Lipinski definition) is 1. The number of sulfonamides is 1. The molecule has 27 heavy (non-hydrogen) atoms. The van der Waals surface area contributed by atoms with Crippen LogP contribution >= 0.6 is 0 Å². The van der Waals surface area contributed by atoms with E-state index in [1.165, 1.54) is 15.4 Å². The van der Waals surface area contributed by atoms with Crippen molar-refractivity contribution >= 4 is 15.9 Å². The zero-order chi connectivity index (χ0) is 19.3. The van der Waals surface area contributed by atoms with Crippen LogP contribution in [0, 0.1) is 5.92 Å². The molecule has 150 valence electrons. The molecule has 2 heterocycles. The van der Waals surface area contributed by atoms with Crippen LogP contribution in [0.25, 0.3) is 0 Å². The lowest BCUT2D eigenvalue weighted by atomic mass is 9.99. The van der Waals surface area contributed by atoms with E-state index < -0.39 is 10.0 Å². The van der Waals surface area contributed by atoms with Gasteiger partial charge in [-0.3, -0.25) is 9.69 Å². The molecule has 0 spiro atoms. The minimum Gasteiger partial charge on any atom is -0.356 e. The van der Waals surface area contributed by atoms with Crippen molar-refractivity contribution < 1.29 is 13.2 Å². The smallest absolute Gasteiger partial charge is 0.224 e. The highest BCUT2D eigenvalue weighted by atomic mass is 32.2. The molecule has 1 aromatic rings. The molecule has 1 N–H and O–H groups in total. The molecule has 0 aromatic heterocycles. The molecule has 0 saturated carbocycles. The number of carbonyl (C=O) groups is 1. The van der Waals surface area contributed by atoms with Gasteiger partial charge in [0.15, 0.2) is 0 Å². The van der Waals surface area contributed by atoms with Crippen molar-refractivity contribution in [2.45, 2.75) is 39.2 Å². The van der Waals surface area contributed by atoms with Gasteiger partial charge in [0.25, 0.3) is 0 Å². The monoisotopic (exact) mass is 393 g/mol. The van der Waals surface area contributed by atoms with Crippen LogP contribution in [-0.2, 0) is 27.8 Å². The van der Waals surface area contributed by atoms with Gasteiger partial charge in [-0.2, -0.15) is 0 Å². The van der Waals surface area contributed by atoms with Crippen LogP contribution in [0.3, 0.4) is 0 Å². The lowest BCUT2D eigenvalue weighted by Gasteiger charge is -2.31. The van der Waals surface area contributed by atoms with Crippen molar-refractivity contribution in [2.24, 2.45) is 5.92 Å². The second-order valence-corrected chi connectivity index (χ2v) is 9.79. The molecule has 1 atom stereocenters. The summed E-state index contributed by atoms with van der Waals surface area (Å²) < 4.78 is 25.5. The van der Waals surface area contributed by atoms with E-state index in [0.717, 1.165) is 45.3 Å². The Morgan fingerprint density at radius 1 is 1.22 bits per heavy atom. The van der Waals surface area contributed by atoms with Crippen molar-refractivity contribution in [3.05, 3.63) is 35.4 Å². The summed E-state index contributed by atoms with van der Waals surface area (Å²) in [4.78, 5) is 14.9. The number of rotatable bonds is 7. The van der Waals surface area contributed by atoms with E-state index >= 15 is 0 Å². The zero-order valence-corrected chi connectivity index (χ0v) is 17.0. The van der Waals surface area contributed by atoms with E-state index in [1.54, 1.807) is 6.92 Å². The average molecular weight is 394 g/mol. The maximum Gasteiger partial charge on any atom is 0.224 e. The number of benzene rings is 1. The summed E-state index contributed by atoms with van der Waals surface area (Å²) in [5.74, 6) is -0.128. The van der Waals surface area contributed by atoms with E-state index in [1.807, 2.05) is 0 Å². The summed E-state index contributed by atoms with van der Waals surface area (Å²) in [6.07, 6.45) is 3.53. The lowest BCUT2D eigenvalue weighted by molar-refractivity contribution is -0.126. The molecule has 0 bridgehead atoms. The van der Waals surface area contributed by atoms with Gasteiger partial charge in [-0.25, -0.2) is 12.7 Å². The molecule has 2 aliphatic rings. The Kier molecular flexibility index (Phi) is 6.89. The van der Waals surface area contributed by atoms with Gasteiger partial charge in [0.05, 0.1) is 11.7 Å². The third-order valence-electron chi connectivity index (χ3n) is 5.67. The Labute approximate surface area is 163 Å². The minimum absolute atomic E-state index is 0.00464. The Morgan fingerprint density at radius 2 is 2.00 bits per heavy atom. The fourth-order valence-corrected chi connectivity index (χ4v) is 5.17. The van der Waals surface area contributed by atoms with Crippen LogP contribution in [0.5, 0.6) is 0 Å². The van der Waals surface area contributed by atoms with Crippen LogP contribution in [0.1, 0.15) is 37.3 Å². The summed E-state index contributed by atoms with van der Waals surface area (Å²) in [6.45, 7) is 6.18. The topological polar surface area (TPSA) is 69.7 Å². The largest absolute Gasteiger partial charge is 0.356 e. The Hall–Kier alpha value is -1.44. The van der Waals surface area contributed by atoms with E-state index in [2.05, 4.69) is 34.5 Å². The second kappa shape index (κ2) is 9.17. The molecule has 1 aromatic carbocycles. The van der Waals surface area contributed by atoms with Crippen LogP contribution in [0.2, 0.25) is 0 Å². The first-order chi connectivity index (χ1) is 13.0. The second-order valence-electron chi connectivity index (χ2n) is 7.54. The van der Waals surface area contributed by atoms with Crippen LogP contribution in [0.4, 0.5) is 0 Å². The standard InChI is InChI=1S/C20H31N3O3S/c1-2-27(25,26)23-13-5-9-19(16-23)20(24)21-11-6-12-22-14-10-17-7-3-4-8-18(17)15-22/h3-4,7-8,19H,2,5-6,9-16H2,1H3,(H,21,24)/t19-/m1/s1. The van der Waals surface area contributed by atoms with E-state index in [9.17, 15) is 13.2 Å². The first-order valence-corrected chi connectivity index (χ1v) is 11.6. The predicted molar refractivity (Wildman–Crippen MR) is 107 cm³/mol. The normalized spacial score (nSPS) is 21.6.